The fourth-order valence-corrected chi connectivity index (χ4v) is 2.02. The van der Waals surface area contributed by atoms with E-state index < -0.39 is 0 Å². The second-order valence-corrected chi connectivity index (χ2v) is 5.69. The summed E-state index contributed by atoms with van der Waals surface area (Å²) >= 11 is 0. The van der Waals surface area contributed by atoms with E-state index in [1.807, 2.05) is 39.0 Å². The number of nitrogens with zero attached hydrogens (tertiary/aromatic N) is 1. The van der Waals surface area contributed by atoms with Crippen molar-refractivity contribution in [2.75, 3.05) is 14.2 Å². The molecular weight excluding hydrogens is 289 g/mol. The van der Waals surface area contributed by atoms with Crippen LogP contribution < -0.4 is 0 Å². The zero-order valence-electron chi connectivity index (χ0n) is 15.7. The Morgan fingerprint density at radius 2 is 1.83 bits per heavy atom. The lowest BCUT2D eigenvalue weighted by Gasteiger charge is -2.09. The molecule has 0 rings (SSSR count). The van der Waals surface area contributed by atoms with Gasteiger partial charge in [0.1, 0.15) is 5.83 Å². The summed E-state index contributed by atoms with van der Waals surface area (Å²) in [6.07, 6.45) is 11.3. The summed E-state index contributed by atoms with van der Waals surface area (Å²) in [5, 5.41) is 0. The van der Waals surface area contributed by atoms with E-state index in [1.165, 1.54) is 0 Å². The summed E-state index contributed by atoms with van der Waals surface area (Å²) in [6, 6.07) is 0. The van der Waals surface area contributed by atoms with Crippen LogP contribution >= 0.6 is 0 Å². The summed E-state index contributed by atoms with van der Waals surface area (Å²) in [5.41, 5.74) is 2.06. The summed E-state index contributed by atoms with van der Waals surface area (Å²) in [6.45, 7) is 9.90. The van der Waals surface area contributed by atoms with Crippen LogP contribution in [0.5, 0.6) is 0 Å². The Labute approximate surface area is 141 Å². The second kappa shape index (κ2) is 11.9. The van der Waals surface area contributed by atoms with Crippen molar-refractivity contribution < 1.29 is 9.13 Å². The molecule has 0 aliphatic heterocycles. The van der Waals surface area contributed by atoms with Gasteiger partial charge in [0.25, 0.3) is 0 Å². The molecule has 0 saturated carbocycles. The summed E-state index contributed by atoms with van der Waals surface area (Å²) < 4.78 is 19.6. The first-order valence-electron chi connectivity index (χ1n) is 8.31. The number of methoxy groups -OCH3 is 1. The lowest BCUT2D eigenvalue weighted by Crippen LogP contribution is -1.96. The number of hydrogen-bond donors (Lipinski definition) is 0. The third-order valence-corrected chi connectivity index (χ3v) is 3.68. The van der Waals surface area contributed by atoms with Crippen molar-refractivity contribution in [2.45, 2.75) is 47.5 Å². The smallest absolute Gasteiger partial charge is 0.103 e. The molecule has 0 amide bonds. The number of aliphatic imine (C=N–C) groups is 1. The van der Waals surface area contributed by atoms with Crippen molar-refractivity contribution in [3.63, 3.8) is 0 Å². The minimum Gasteiger partial charge on any atom is -0.501 e. The van der Waals surface area contributed by atoms with Crippen molar-refractivity contribution in [3.05, 3.63) is 47.5 Å². The van der Waals surface area contributed by atoms with E-state index in [0.717, 1.165) is 29.9 Å². The third-order valence-electron chi connectivity index (χ3n) is 3.68. The van der Waals surface area contributed by atoms with Crippen molar-refractivity contribution >= 4 is 5.71 Å². The predicted octanol–water partition coefficient (Wildman–Crippen LogP) is 6.04. The molecule has 0 bridgehead atoms. The van der Waals surface area contributed by atoms with Crippen LogP contribution in [0.2, 0.25) is 0 Å². The van der Waals surface area contributed by atoms with Crippen LogP contribution in [-0.2, 0) is 4.74 Å². The minimum absolute atomic E-state index is 0.0351. The number of ether oxygens (including phenoxy) is 1. The van der Waals surface area contributed by atoms with Crippen LogP contribution in [0.4, 0.5) is 4.39 Å². The molecule has 0 radical (unpaired) electrons. The number of rotatable bonds is 9. The van der Waals surface area contributed by atoms with Crippen LogP contribution in [0.1, 0.15) is 47.5 Å². The van der Waals surface area contributed by atoms with Crippen LogP contribution in [0.15, 0.2) is 52.5 Å². The topological polar surface area (TPSA) is 21.6 Å². The molecule has 0 saturated heterocycles. The van der Waals surface area contributed by atoms with Gasteiger partial charge in [0, 0.05) is 25.1 Å². The molecule has 0 fully saturated rings. The van der Waals surface area contributed by atoms with Gasteiger partial charge in [-0.05, 0) is 43.1 Å². The molecule has 0 aromatic heterocycles. The second-order valence-electron chi connectivity index (χ2n) is 5.69. The molecule has 2 unspecified atom stereocenters. The highest BCUT2D eigenvalue weighted by Crippen LogP contribution is 2.19. The zero-order valence-corrected chi connectivity index (χ0v) is 15.7. The van der Waals surface area contributed by atoms with E-state index >= 15 is 0 Å². The Kier molecular flexibility index (Phi) is 11.0. The van der Waals surface area contributed by atoms with E-state index in [9.17, 15) is 4.39 Å². The first kappa shape index (κ1) is 21.4. The monoisotopic (exact) mass is 321 g/mol. The maximum Gasteiger partial charge on any atom is 0.103 e. The third kappa shape index (κ3) is 9.17. The standard InChI is InChI=1S/C20H32FNO/c1-8-18(14-19(9-2)23-7)12-15(3)13-20(21)16(4)10-11-17(5)22-6/h10-16H,8-9H2,1-7H3/b11-10-,18-12-,19-14+,20-13-,22-17?. The van der Waals surface area contributed by atoms with Crippen LogP contribution in [0.3, 0.4) is 0 Å². The lowest BCUT2D eigenvalue weighted by molar-refractivity contribution is 0.280. The Balaban J connectivity index is 5.06. The summed E-state index contributed by atoms with van der Waals surface area (Å²) in [5.74, 6) is 0.623. The van der Waals surface area contributed by atoms with E-state index in [-0.39, 0.29) is 17.7 Å². The average molecular weight is 321 g/mol. The molecule has 0 aliphatic rings. The van der Waals surface area contributed by atoms with E-state index in [4.69, 9.17) is 4.74 Å². The molecule has 23 heavy (non-hydrogen) atoms. The Hall–Kier alpha value is -1.64. The average Bonchev–Trinajstić information content (AvgIpc) is 2.55. The molecule has 2 nitrogen and oxygen atoms in total. The normalized spacial score (nSPS) is 17.6. The van der Waals surface area contributed by atoms with Gasteiger partial charge in [-0.25, -0.2) is 4.39 Å². The van der Waals surface area contributed by atoms with Gasteiger partial charge < -0.3 is 4.74 Å². The SMILES string of the molecule is CCC(=C/C(C)/C=C(\F)C(C)/C=C\C(C)=NC)/C=C(\CC)OC. The molecule has 0 aromatic rings. The van der Waals surface area contributed by atoms with E-state index in [0.29, 0.717) is 0 Å². The fourth-order valence-electron chi connectivity index (χ4n) is 2.02. The van der Waals surface area contributed by atoms with E-state index in [1.54, 1.807) is 20.2 Å². The molecule has 0 N–H and O–H groups in total. The Bertz CT molecular complexity index is 492. The summed E-state index contributed by atoms with van der Waals surface area (Å²) in [7, 11) is 3.41. The van der Waals surface area contributed by atoms with Gasteiger partial charge >= 0.3 is 0 Å². The first-order chi connectivity index (χ1) is 10.9. The van der Waals surface area contributed by atoms with Gasteiger partial charge in [-0.15, -0.1) is 0 Å². The number of allylic oxidation sites excluding steroid dienone is 8. The van der Waals surface area contributed by atoms with Crippen molar-refractivity contribution in [2.24, 2.45) is 16.8 Å². The van der Waals surface area contributed by atoms with Crippen LogP contribution in [-0.4, -0.2) is 19.9 Å². The van der Waals surface area contributed by atoms with Gasteiger partial charge in [-0.1, -0.05) is 39.8 Å². The van der Waals surface area contributed by atoms with Gasteiger partial charge in [-0.2, -0.15) is 0 Å². The summed E-state index contributed by atoms with van der Waals surface area (Å²) in [4.78, 5) is 4.03. The maximum atomic E-state index is 14.3. The van der Waals surface area contributed by atoms with Crippen LogP contribution in [0.25, 0.3) is 0 Å². The molecule has 0 aliphatic carbocycles. The van der Waals surface area contributed by atoms with E-state index in [2.05, 4.69) is 24.9 Å². The van der Waals surface area contributed by atoms with Gasteiger partial charge in [0.2, 0.25) is 0 Å². The highest BCUT2D eigenvalue weighted by Gasteiger charge is 2.07. The first-order valence-corrected chi connectivity index (χ1v) is 8.31. The van der Waals surface area contributed by atoms with Crippen molar-refractivity contribution in [1.29, 1.82) is 0 Å². The molecule has 130 valence electrons. The van der Waals surface area contributed by atoms with Crippen molar-refractivity contribution in [3.8, 4) is 0 Å². The molecule has 0 aromatic carbocycles. The van der Waals surface area contributed by atoms with Crippen LogP contribution in [0, 0.1) is 11.8 Å². The molecule has 2 atom stereocenters. The quantitative estimate of drug-likeness (QED) is 0.288. The van der Waals surface area contributed by atoms with Crippen molar-refractivity contribution in [1.82, 2.24) is 0 Å². The Morgan fingerprint density at radius 3 is 2.30 bits per heavy atom. The Morgan fingerprint density at radius 1 is 1.17 bits per heavy atom. The fraction of sp³-hybridized carbons (Fsp3) is 0.550. The molecule has 0 spiro atoms. The van der Waals surface area contributed by atoms with Gasteiger partial charge in [0.05, 0.1) is 12.9 Å². The highest BCUT2D eigenvalue weighted by atomic mass is 19.1. The lowest BCUT2D eigenvalue weighted by atomic mass is 10.0. The minimum atomic E-state index is -0.242. The number of halogens is 1. The number of hydrogen-bond acceptors (Lipinski definition) is 2. The highest BCUT2D eigenvalue weighted by molar-refractivity contribution is 5.92. The molecule has 3 heteroatoms. The zero-order chi connectivity index (χ0) is 17.8. The molecular formula is C20H32FNO. The largest absolute Gasteiger partial charge is 0.501 e. The molecule has 0 heterocycles. The predicted molar refractivity (Wildman–Crippen MR) is 99.4 cm³/mol. The van der Waals surface area contributed by atoms with Gasteiger partial charge in [0.15, 0.2) is 0 Å². The maximum absolute atomic E-state index is 14.3. The van der Waals surface area contributed by atoms with Gasteiger partial charge in [-0.3, -0.25) is 4.99 Å².